The van der Waals surface area contributed by atoms with Crippen molar-refractivity contribution in [2.75, 3.05) is 5.32 Å². The number of hydrogen-bond acceptors (Lipinski definition) is 4. The van der Waals surface area contributed by atoms with Gasteiger partial charge in [0.25, 0.3) is 0 Å². The maximum absolute atomic E-state index is 11.8. The second-order valence-electron chi connectivity index (χ2n) is 6.13. The van der Waals surface area contributed by atoms with Crippen molar-refractivity contribution in [2.45, 2.75) is 43.2 Å². The van der Waals surface area contributed by atoms with Gasteiger partial charge >= 0.3 is 5.97 Å². The Morgan fingerprint density at radius 1 is 1.43 bits per heavy atom. The third kappa shape index (κ3) is 2.12. The van der Waals surface area contributed by atoms with Crippen LogP contribution in [-0.4, -0.2) is 28.9 Å². The number of carboxylic acids is 1. The summed E-state index contributed by atoms with van der Waals surface area (Å²) in [6.45, 7) is 0. The summed E-state index contributed by atoms with van der Waals surface area (Å²) in [5.41, 5.74) is 6.58. The van der Waals surface area contributed by atoms with E-state index in [1.165, 1.54) is 0 Å². The topological polar surface area (TPSA) is 92.4 Å². The first-order chi connectivity index (χ1) is 10.1. The molecule has 21 heavy (non-hydrogen) atoms. The highest BCUT2D eigenvalue weighted by Crippen LogP contribution is 2.50. The molecule has 1 fully saturated rings. The molecule has 0 amide bonds. The Bertz CT molecular complexity index is 574. The summed E-state index contributed by atoms with van der Waals surface area (Å²) in [6.07, 6.45) is 3.49. The molecule has 4 unspecified atom stereocenters. The van der Waals surface area contributed by atoms with Gasteiger partial charge in [-0.1, -0.05) is 24.6 Å². The summed E-state index contributed by atoms with van der Waals surface area (Å²) in [7, 11) is 0. The number of anilines is 1. The summed E-state index contributed by atoms with van der Waals surface area (Å²) >= 11 is 0. The average Bonchev–Trinajstić information content (AvgIpc) is 2.92. The predicted molar refractivity (Wildman–Crippen MR) is 79.2 cm³/mol. The van der Waals surface area contributed by atoms with Crippen LogP contribution in [0.15, 0.2) is 24.3 Å². The SMILES string of the molecule is NC(CC=O)(C(=O)O)C1c2ccccc2NC2CCCC21. The molecule has 112 valence electrons. The fraction of sp³-hybridized carbons (Fsp3) is 0.500. The average molecular weight is 288 g/mol. The number of benzene rings is 1. The van der Waals surface area contributed by atoms with Crippen LogP contribution in [-0.2, 0) is 9.59 Å². The lowest BCUT2D eigenvalue weighted by Gasteiger charge is -2.44. The van der Waals surface area contributed by atoms with Gasteiger partial charge in [-0.05, 0) is 30.4 Å². The lowest BCUT2D eigenvalue weighted by atomic mass is 9.67. The van der Waals surface area contributed by atoms with Crippen molar-refractivity contribution < 1.29 is 14.7 Å². The number of para-hydroxylation sites is 1. The van der Waals surface area contributed by atoms with Gasteiger partial charge in [0.1, 0.15) is 11.8 Å². The van der Waals surface area contributed by atoms with E-state index in [4.69, 9.17) is 5.73 Å². The van der Waals surface area contributed by atoms with E-state index in [9.17, 15) is 14.7 Å². The maximum Gasteiger partial charge on any atom is 0.324 e. The number of rotatable bonds is 4. The zero-order chi connectivity index (χ0) is 15.0. The zero-order valence-electron chi connectivity index (χ0n) is 11.8. The summed E-state index contributed by atoms with van der Waals surface area (Å²) < 4.78 is 0. The summed E-state index contributed by atoms with van der Waals surface area (Å²) in [5, 5.41) is 13.2. The fourth-order valence-electron chi connectivity index (χ4n) is 4.04. The van der Waals surface area contributed by atoms with E-state index < -0.39 is 11.5 Å². The molecule has 1 saturated carbocycles. The van der Waals surface area contributed by atoms with Gasteiger partial charge in [0.05, 0.1) is 0 Å². The van der Waals surface area contributed by atoms with Gasteiger partial charge in [-0.25, -0.2) is 0 Å². The van der Waals surface area contributed by atoms with Crippen LogP contribution in [0.1, 0.15) is 37.2 Å². The van der Waals surface area contributed by atoms with Crippen LogP contribution in [0.3, 0.4) is 0 Å². The van der Waals surface area contributed by atoms with Crippen LogP contribution in [0, 0.1) is 5.92 Å². The minimum Gasteiger partial charge on any atom is -0.480 e. The Balaban J connectivity index is 2.13. The summed E-state index contributed by atoms with van der Waals surface area (Å²) in [5.74, 6) is -1.26. The number of nitrogens with two attached hydrogens (primary N) is 1. The first-order valence-corrected chi connectivity index (χ1v) is 7.39. The third-order valence-electron chi connectivity index (χ3n) is 5.01. The van der Waals surface area contributed by atoms with Crippen molar-refractivity contribution in [1.29, 1.82) is 0 Å². The highest BCUT2D eigenvalue weighted by atomic mass is 16.4. The molecule has 0 saturated heterocycles. The van der Waals surface area contributed by atoms with E-state index in [2.05, 4.69) is 5.32 Å². The summed E-state index contributed by atoms with van der Waals surface area (Å²) in [4.78, 5) is 22.8. The van der Waals surface area contributed by atoms with Gasteiger partial charge in [-0.2, -0.15) is 0 Å². The minimum absolute atomic E-state index is 0.162. The van der Waals surface area contributed by atoms with Crippen molar-refractivity contribution in [3.8, 4) is 0 Å². The predicted octanol–water partition coefficient (Wildman–Crippen LogP) is 1.74. The van der Waals surface area contributed by atoms with Crippen LogP contribution in [0.25, 0.3) is 0 Å². The van der Waals surface area contributed by atoms with Crippen molar-refractivity contribution in [3.63, 3.8) is 0 Å². The molecule has 5 heteroatoms. The fourth-order valence-corrected chi connectivity index (χ4v) is 4.04. The second-order valence-corrected chi connectivity index (χ2v) is 6.13. The normalized spacial score (nSPS) is 29.7. The Labute approximate surface area is 123 Å². The molecule has 0 spiro atoms. The van der Waals surface area contributed by atoms with Crippen molar-refractivity contribution in [2.24, 2.45) is 11.7 Å². The highest BCUT2D eigenvalue weighted by molar-refractivity contribution is 5.84. The van der Waals surface area contributed by atoms with E-state index in [1.54, 1.807) is 0 Å². The van der Waals surface area contributed by atoms with E-state index >= 15 is 0 Å². The molecule has 3 rings (SSSR count). The molecule has 5 nitrogen and oxygen atoms in total. The molecule has 1 heterocycles. The molecule has 4 atom stereocenters. The van der Waals surface area contributed by atoms with E-state index in [0.29, 0.717) is 6.29 Å². The van der Waals surface area contributed by atoms with Gasteiger partial charge in [-0.15, -0.1) is 0 Å². The molecule has 1 aromatic rings. The van der Waals surface area contributed by atoms with Gasteiger partial charge in [-0.3, -0.25) is 4.79 Å². The standard InChI is InChI=1S/C16H20N2O3/c17-16(8-9-19,15(20)21)14-10-4-1-2-6-12(10)18-13-7-3-5-11(13)14/h1-2,4,6,9,11,13-14,18H,3,5,7-8,17H2,(H,20,21). The Morgan fingerprint density at radius 2 is 2.19 bits per heavy atom. The number of carbonyl (C=O) groups is 2. The van der Waals surface area contributed by atoms with Crippen LogP contribution in [0.5, 0.6) is 0 Å². The molecule has 2 aliphatic rings. The van der Waals surface area contributed by atoms with Crippen molar-refractivity contribution >= 4 is 17.9 Å². The monoisotopic (exact) mass is 288 g/mol. The Kier molecular flexibility index (Phi) is 3.45. The number of carbonyl (C=O) groups excluding carboxylic acids is 1. The molecule has 1 aliphatic heterocycles. The lowest BCUT2D eigenvalue weighted by Crippen LogP contribution is -2.57. The number of carboxylic acid groups (broad SMARTS) is 1. The van der Waals surface area contributed by atoms with Crippen LogP contribution in [0.2, 0.25) is 0 Å². The van der Waals surface area contributed by atoms with Crippen LogP contribution < -0.4 is 11.1 Å². The third-order valence-corrected chi connectivity index (χ3v) is 5.01. The van der Waals surface area contributed by atoms with Crippen LogP contribution in [0.4, 0.5) is 5.69 Å². The van der Waals surface area contributed by atoms with E-state index in [1.807, 2.05) is 24.3 Å². The molecular weight excluding hydrogens is 268 g/mol. The number of fused-ring (bicyclic) bond motifs is 2. The molecule has 1 aliphatic carbocycles. The zero-order valence-corrected chi connectivity index (χ0v) is 11.8. The van der Waals surface area contributed by atoms with E-state index in [-0.39, 0.29) is 24.3 Å². The largest absolute Gasteiger partial charge is 0.480 e. The lowest BCUT2D eigenvalue weighted by molar-refractivity contribution is -0.146. The number of aliphatic carboxylic acids is 1. The number of hydrogen-bond donors (Lipinski definition) is 3. The van der Waals surface area contributed by atoms with Gasteiger partial charge < -0.3 is 21.0 Å². The Hall–Kier alpha value is -1.88. The van der Waals surface area contributed by atoms with Gasteiger partial charge in [0, 0.05) is 24.1 Å². The smallest absolute Gasteiger partial charge is 0.324 e. The van der Waals surface area contributed by atoms with E-state index in [0.717, 1.165) is 30.5 Å². The number of aldehydes is 1. The molecular formula is C16H20N2O3. The van der Waals surface area contributed by atoms with Crippen LogP contribution >= 0.6 is 0 Å². The van der Waals surface area contributed by atoms with Gasteiger partial charge in [0.15, 0.2) is 0 Å². The molecule has 0 aromatic heterocycles. The molecule has 0 radical (unpaired) electrons. The first kappa shape index (κ1) is 14.1. The second kappa shape index (κ2) is 5.15. The molecule has 4 N–H and O–H groups in total. The van der Waals surface area contributed by atoms with Crippen molar-refractivity contribution in [1.82, 2.24) is 0 Å². The Morgan fingerprint density at radius 3 is 2.90 bits per heavy atom. The quantitative estimate of drug-likeness (QED) is 0.734. The molecule has 0 bridgehead atoms. The first-order valence-electron chi connectivity index (χ1n) is 7.39. The number of nitrogens with one attached hydrogen (secondary N) is 1. The highest BCUT2D eigenvalue weighted by Gasteiger charge is 2.52. The minimum atomic E-state index is -1.53. The maximum atomic E-state index is 11.8. The van der Waals surface area contributed by atoms with Gasteiger partial charge in [0.2, 0.25) is 0 Å². The van der Waals surface area contributed by atoms with Crippen molar-refractivity contribution in [3.05, 3.63) is 29.8 Å². The summed E-state index contributed by atoms with van der Waals surface area (Å²) in [6, 6.07) is 7.96. The molecule has 1 aromatic carbocycles.